The van der Waals surface area contributed by atoms with Crippen LogP contribution in [0.5, 0.6) is 0 Å². The average Bonchev–Trinajstić information content (AvgIpc) is 2.89. The van der Waals surface area contributed by atoms with Crippen molar-refractivity contribution in [2.75, 3.05) is 0 Å². The summed E-state index contributed by atoms with van der Waals surface area (Å²) in [4.78, 5) is 17.0. The highest BCUT2D eigenvalue weighted by molar-refractivity contribution is 7.09. The number of nitrogens with one attached hydrogen (secondary N) is 1. The summed E-state index contributed by atoms with van der Waals surface area (Å²) >= 11 is 1.62. The summed E-state index contributed by atoms with van der Waals surface area (Å²) in [6.45, 7) is 0.892. The Morgan fingerprint density at radius 1 is 1.47 bits per heavy atom. The average molecular weight is 247 g/mol. The van der Waals surface area contributed by atoms with E-state index in [4.69, 9.17) is 5.73 Å². The van der Waals surface area contributed by atoms with Gasteiger partial charge in [-0.15, -0.1) is 11.3 Å². The topological polar surface area (TPSA) is 68.0 Å². The fourth-order valence-corrected chi connectivity index (χ4v) is 2.06. The quantitative estimate of drug-likeness (QED) is 0.861. The van der Waals surface area contributed by atoms with Crippen molar-refractivity contribution in [3.63, 3.8) is 0 Å². The van der Waals surface area contributed by atoms with Crippen molar-refractivity contribution >= 4 is 17.2 Å². The SMILES string of the molecule is NCc1cc(C(=O)NCc2cccs2)ccn1. The lowest BCUT2D eigenvalue weighted by Gasteiger charge is -2.04. The third kappa shape index (κ3) is 3.12. The maximum atomic E-state index is 11.8. The second-order valence-electron chi connectivity index (χ2n) is 3.50. The van der Waals surface area contributed by atoms with E-state index in [9.17, 15) is 4.79 Å². The molecule has 2 aromatic rings. The van der Waals surface area contributed by atoms with Crippen molar-refractivity contribution in [1.82, 2.24) is 10.3 Å². The van der Waals surface area contributed by atoms with Crippen LogP contribution >= 0.6 is 11.3 Å². The fourth-order valence-electron chi connectivity index (χ4n) is 1.41. The molecular weight excluding hydrogens is 234 g/mol. The molecule has 2 rings (SSSR count). The fraction of sp³-hybridized carbons (Fsp3) is 0.167. The van der Waals surface area contributed by atoms with E-state index in [2.05, 4.69) is 10.3 Å². The van der Waals surface area contributed by atoms with E-state index < -0.39 is 0 Å². The number of nitrogens with zero attached hydrogens (tertiary/aromatic N) is 1. The van der Waals surface area contributed by atoms with Gasteiger partial charge in [0.05, 0.1) is 12.2 Å². The summed E-state index contributed by atoms with van der Waals surface area (Å²) in [6, 6.07) is 7.35. The first-order valence-corrected chi connectivity index (χ1v) is 6.13. The van der Waals surface area contributed by atoms with Crippen molar-refractivity contribution < 1.29 is 4.79 Å². The molecule has 0 spiro atoms. The third-order valence-electron chi connectivity index (χ3n) is 2.29. The van der Waals surface area contributed by atoms with Crippen molar-refractivity contribution in [2.24, 2.45) is 5.73 Å². The van der Waals surface area contributed by atoms with Gasteiger partial charge in [-0.1, -0.05) is 6.07 Å². The van der Waals surface area contributed by atoms with Crippen LogP contribution in [0.3, 0.4) is 0 Å². The predicted molar refractivity (Wildman–Crippen MR) is 67.6 cm³/mol. The van der Waals surface area contributed by atoms with E-state index in [1.54, 1.807) is 29.7 Å². The number of nitrogens with two attached hydrogens (primary N) is 1. The molecule has 5 heteroatoms. The van der Waals surface area contributed by atoms with Crippen molar-refractivity contribution in [2.45, 2.75) is 13.1 Å². The van der Waals surface area contributed by atoms with Gasteiger partial charge < -0.3 is 11.1 Å². The number of pyridine rings is 1. The first-order chi connectivity index (χ1) is 8.29. The summed E-state index contributed by atoms with van der Waals surface area (Å²) in [6.07, 6.45) is 1.60. The van der Waals surface area contributed by atoms with Gasteiger partial charge in [0.25, 0.3) is 5.91 Å². The Morgan fingerprint density at radius 3 is 3.06 bits per heavy atom. The molecule has 0 bridgehead atoms. The Hall–Kier alpha value is -1.72. The molecule has 0 aliphatic rings. The Morgan fingerprint density at radius 2 is 2.35 bits per heavy atom. The molecule has 0 atom stereocenters. The van der Waals surface area contributed by atoms with Gasteiger partial charge in [-0.3, -0.25) is 9.78 Å². The normalized spacial score (nSPS) is 10.2. The van der Waals surface area contributed by atoms with Gasteiger partial charge in [-0.2, -0.15) is 0 Å². The summed E-state index contributed by atoms with van der Waals surface area (Å²) in [7, 11) is 0. The highest BCUT2D eigenvalue weighted by atomic mass is 32.1. The maximum absolute atomic E-state index is 11.8. The molecule has 0 aliphatic heterocycles. The molecule has 4 nitrogen and oxygen atoms in total. The van der Waals surface area contributed by atoms with Crippen LogP contribution in [0.2, 0.25) is 0 Å². The van der Waals surface area contributed by atoms with E-state index in [-0.39, 0.29) is 5.91 Å². The van der Waals surface area contributed by atoms with Crippen molar-refractivity contribution in [3.8, 4) is 0 Å². The summed E-state index contributed by atoms with van der Waals surface area (Å²) in [5.74, 6) is -0.101. The van der Waals surface area contributed by atoms with Gasteiger partial charge in [-0.25, -0.2) is 0 Å². The van der Waals surface area contributed by atoms with E-state index >= 15 is 0 Å². The molecule has 2 aromatic heterocycles. The van der Waals surface area contributed by atoms with Crippen molar-refractivity contribution in [3.05, 3.63) is 52.0 Å². The molecule has 0 radical (unpaired) electrons. The van der Waals surface area contributed by atoms with Crippen LogP contribution in [-0.4, -0.2) is 10.9 Å². The van der Waals surface area contributed by atoms with E-state index in [1.807, 2.05) is 17.5 Å². The number of carbonyl (C=O) groups excluding carboxylic acids is 1. The second kappa shape index (κ2) is 5.56. The molecule has 0 unspecified atom stereocenters. The minimum Gasteiger partial charge on any atom is -0.347 e. The number of carbonyl (C=O) groups is 1. The zero-order valence-corrected chi connectivity index (χ0v) is 10.0. The molecule has 17 heavy (non-hydrogen) atoms. The molecule has 0 aliphatic carbocycles. The van der Waals surface area contributed by atoms with Crippen LogP contribution in [0.1, 0.15) is 20.9 Å². The van der Waals surface area contributed by atoms with Crippen molar-refractivity contribution in [1.29, 1.82) is 0 Å². The molecule has 0 fully saturated rings. The van der Waals surface area contributed by atoms with Gasteiger partial charge in [0.15, 0.2) is 0 Å². The standard InChI is InChI=1S/C12H13N3OS/c13-7-10-6-9(3-4-14-10)12(16)15-8-11-2-1-5-17-11/h1-6H,7-8,13H2,(H,15,16). The zero-order valence-electron chi connectivity index (χ0n) is 9.22. The largest absolute Gasteiger partial charge is 0.347 e. The minimum atomic E-state index is -0.101. The number of hydrogen-bond acceptors (Lipinski definition) is 4. The number of aromatic nitrogens is 1. The Bertz CT molecular complexity index is 496. The van der Waals surface area contributed by atoms with E-state index in [1.165, 1.54) is 0 Å². The summed E-state index contributed by atoms with van der Waals surface area (Å²) < 4.78 is 0. The Balaban J connectivity index is 1.99. The van der Waals surface area contributed by atoms with E-state index in [0.717, 1.165) is 4.88 Å². The number of thiophene rings is 1. The maximum Gasteiger partial charge on any atom is 0.251 e. The lowest BCUT2D eigenvalue weighted by atomic mass is 10.2. The molecule has 3 N–H and O–H groups in total. The Labute approximate surface area is 103 Å². The minimum absolute atomic E-state index is 0.101. The highest BCUT2D eigenvalue weighted by Gasteiger charge is 2.06. The number of hydrogen-bond donors (Lipinski definition) is 2. The smallest absolute Gasteiger partial charge is 0.251 e. The van der Waals surface area contributed by atoms with Crippen LogP contribution in [-0.2, 0) is 13.1 Å². The molecule has 0 saturated heterocycles. The van der Waals surface area contributed by atoms with Crippen LogP contribution in [0.15, 0.2) is 35.8 Å². The summed E-state index contributed by atoms with van der Waals surface area (Å²) in [5, 5.41) is 4.84. The van der Waals surface area contributed by atoms with Crippen LogP contribution in [0.25, 0.3) is 0 Å². The molecule has 88 valence electrons. The summed E-state index contributed by atoms with van der Waals surface area (Å²) in [5.41, 5.74) is 6.79. The monoisotopic (exact) mass is 247 g/mol. The van der Waals surface area contributed by atoms with Crippen LogP contribution in [0.4, 0.5) is 0 Å². The lowest BCUT2D eigenvalue weighted by Crippen LogP contribution is -2.22. The predicted octanol–water partition coefficient (Wildman–Crippen LogP) is 1.53. The second-order valence-corrected chi connectivity index (χ2v) is 4.53. The van der Waals surface area contributed by atoms with Gasteiger partial charge in [-0.05, 0) is 23.6 Å². The number of rotatable bonds is 4. The molecule has 1 amide bonds. The van der Waals surface area contributed by atoms with Gasteiger partial charge in [0.1, 0.15) is 0 Å². The lowest BCUT2D eigenvalue weighted by molar-refractivity contribution is 0.0951. The number of amides is 1. The molecule has 0 aromatic carbocycles. The third-order valence-corrected chi connectivity index (χ3v) is 3.17. The Kier molecular flexibility index (Phi) is 3.85. The van der Waals surface area contributed by atoms with Gasteiger partial charge in [0, 0.05) is 23.2 Å². The molecule has 2 heterocycles. The molecule has 0 saturated carbocycles. The van der Waals surface area contributed by atoms with Gasteiger partial charge >= 0.3 is 0 Å². The first kappa shape index (κ1) is 11.8. The molecular formula is C12H13N3OS. The zero-order chi connectivity index (χ0) is 12.1. The highest BCUT2D eigenvalue weighted by Crippen LogP contribution is 2.08. The van der Waals surface area contributed by atoms with E-state index in [0.29, 0.717) is 24.3 Å². The van der Waals surface area contributed by atoms with Crippen LogP contribution in [0, 0.1) is 0 Å². The van der Waals surface area contributed by atoms with Gasteiger partial charge in [0.2, 0.25) is 0 Å². The van der Waals surface area contributed by atoms with Crippen LogP contribution < -0.4 is 11.1 Å². The first-order valence-electron chi connectivity index (χ1n) is 5.25.